The number of ether oxygens (including phenoxy) is 1. The fourth-order valence-corrected chi connectivity index (χ4v) is 4.26. The van der Waals surface area contributed by atoms with Crippen LogP contribution in [0.15, 0.2) is 59.8 Å². The quantitative estimate of drug-likeness (QED) is 0.700. The minimum Gasteiger partial charge on any atom is -0.378 e. The first-order valence-corrected chi connectivity index (χ1v) is 10.1. The standard InChI is InChI=1S/C22H21ClN4O2/c1-14-19(21(28)26-10-12-29-13-11-26)20(15-6-8-16(23)9-7-15)27-18-5-3-2-4-17(18)25-22(27)24-14/h2-9,20H,10-13H2,1H3,(H,24,25)/t20-/m1/s1. The topological polar surface area (TPSA) is 59.4 Å². The Morgan fingerprint density at radius 1 is 1.14 bits per heavy atom. The van der Waals surface area contributed by atoms with E-state index in [9.17, 15) is 4.79 Å². The number of morpholine rings is 1. The molecule has 0 unspecified atom stereocenters. The van der Waals surface area contributed by atoms with E-state index in [0.717, 1.165) is 33.8 Å². The molecule has 1 atom stereocenters. The Morgan fingerprint density at radius 3 is 2.62 bits per heavy atom. The van der Waals surface area contributed by atoms with Gasteiger partial charge in [-0.2, -0.15) is 0 Å². The number of hydrogen-bond acceptors (Lipinski definition) is 4. The van der Waals surface area contributed by atoms with Crippen LogP contribution < -0.4 is 5.32 Å². The summed E-state index contributed by atoms with van der Waals surface area (Å²) in [4.78, 5) is 20.2. The first kappa shape index (κ1) is 18.2. The van der Waals surface area contributed by atoms with Gasteiger partial charge in [-0.1, -0.05) is 35.9 Å². The summed E-state index contributed by atoms with van der Waals surface area (Å²) in [5.41, 5.74) is 4.42. The van der Waals surface area contributed by atoms with Gasteiger partial charge in [0.05, 0.1) is 35.9 Å². The third kappa shape index (κ3) is 3.09. The van der Waals surface area contributed by atoms with Crippen LogP contribution in [0.1, 0.15) is 18.5 Å². The number of nitrogens with one attached hydrogen (secondary N) is 1. The van der Waals surface area contributed by atoms with Gasteiger partial charge in [0, 0.05) is 23.8 Å². The lowest BCUT2D eigenvalue weighted by molar-refractivity contribution is -0.131. The molecule has 0 bridgehead atoms. The van der Waals surface area contributed by atoms with Crippen molar-refractivity contribution in [2.75, 3.05) is 31.6 Å². The van der Waals surface area contributed by atoms with Crippen LogP contribution in [0.25, 0.3) is 11.0 Å². The number of allylic oxidation sites excluding steroid dienone is 1. The molecule has 5 rings (SSSR count). The second-order valence-corrected chi connectivity index (χ2v) is 7.75. The molecule has 7 heteroatoms. The van der Waals surface area contributed by atoms with Crippen molar-refractivity contribution in [3.05, 3.63) is 70.4 Å². The van der Waals surface area contributed by atoms with E-state index in [2.05, 4.69) is 9.88 Å². The van der Waals surface area contributed by atoms with Crippen molar-refractivity contribution in [3.63, 3.8) is 0 Å². The summed E-state index contributed by atoms with van der Waals surface area (Å²) in [5.74, 6) is 0.767. The number of aromatic nitrogens is 2. The molecule has 1 fully saturated rings. The third-order valence-corrected chi connectivity index (χ3v) is 5.80. The van der Waals surface area contributed by atoms with Crippen LogP contribution in [-0.4, -0.2) is 46.7 Å². The fraction of sp³-hybridized carbons (Fsp3) is 0.273. The smallest absolute Gasteiger partial charge is 0.254 e. The molecule has 0 spiro atoms. The molecule has 2 aliphatic rings. The van der Waals surface area contributed by atoms with Crippen LogP contribution in [0.3, 0.4) is 0 Å². The molecule has 3 aromatic rings. The van der Waals surface area contributed by atoms with Gasteiger partial charge in [-0.25, -0.2) is 4.98 Å². The highest BCUT2D eigenvalue weighted by Gasteiger charge is 2.36. The third-order valence-electron chi connectivity index (χ3n) is 5.55. The Bertz CT molecular complexity index is 1110. The number of hydrogen-bond donors (Lipinski definition) is 1. The highest BCUT2D eigenvalue weighted by Crippen LogP contribution is 2.40. The van der Waals surface area contributed by atoms with Gasteiger partial charge >= 0.3 is 0 Å². The lowest BCUT2D eigenvalue weighted by Crippen LogP contribution is -2.44. The van der Waals surface area contributed by atoms with Crippen LogP contribution in [0.5, 0.6) is 0 Å². The highest BCUT2D eigenvalue weighted by atomic mass is 35.5. The maximum absolute atomic E-state index is 13.6. The van der Waals surface area contributed by atoms with Crippen LogP contribution in [0.2, 0.25) is 5.02 Å². The predicted octanol–water partition coefficient (Wildman–Crippen LogP) is 3.84. The summed E-state index contributed by atoms with van der Waals surface area (Å²) in [6.07, 6.45) is 0. The fourth-order valence-electron chi connectivity index (χ4n) is 4.14. The van der Waals surface area contributed by atoms with Crippen molar-refractivity contribution in [1.82, 2.24) is 14.5 Å². The zero-order valence-corrected chi connectivity index (χ0v) is 16.8. The zero-order chi connectivity index (χ0) is 20.0. The summed E-state index contributed by atoms with van der Waals surface area (Å²) in [5, 5.41) is 4.02. The number of fused-ring (bicyclic) bond motifs is 3. The Morgan fingerprint density at radius 2 is 1.86 bits per heavy atom. The van der Waals surface area contributed by atoms with Crippen molar-refractivity contribution in [3.8, 4) is 0 Å². The maximum Gasteiger partial charge on any atom is 0.254 e. The molecule has 29 heavy (non-hydrogen) atoms. The number of anilines is 1. The molecule has 6 nitrogen and oxygen atoms in total. The minimum atomic E-state index is -0.286. The summed E-state index contributed by atoms with van der Waals surface area (Å²) >= 11 is 6.14. The van der Waals surface area contributed by atoms with Crippen molar-refractivity contribution in [2.45, 2.75) is 13.0 Å². The van der Waals surface area contributed by atoms with E-state index in [1.54, 1.807) is 0 Å². The average molecular weight is 409 g/mol. The summed E-state index contributed by atoms with van der Waals surface area (Å²) in [7, 11) is 0. The minimum absolute atomic E-state index is 0.0293. The molecular formula is C22H21ClN4O2. The second kappa shape index (κ2) is 7.21. The van der Waals surface area contributed by atoms with Gasteiger partial charge in [0.2, 0.25) is 5.95 Å². The molecule has 1 N–H and O–H groups in total. The molecule has 3 heterocycles. The summed E-state index contributed by atoms with van der Waals surface area (Å²) in [6.45, 7) is 4.27. The number of imidazole rings is 1. The number of halogens is 1. The number of para-hydroxylation sites is 2. The van der Waals surface area contributed by atoms with E-state index >= 15 is 0 Å². The number of amides is 1. The highest BCUT2D eigenvalue weighted by molar-refractivity contribution is 6.30. The van der Waals surface area contributed by atoms with Gasteiger partial charge < -0.3 is 15.0 Å². The lowest BCUT2D eigenvalue weighted by atomic mass is 9.94. The van der Waals surface area contributed by atoms with Crippen LogP contribution in [-0.2, 0) is 9.53 Å². The molecule has 1 saturated heterocycles. The van der Waals surface area contributed by atoms with Gasteiger partial charge in [0.25, 0.3) is 5.91 Å². The largest absolute Gasteiger partial charge is 0.378 e. The van der Waals surface area contributed by atoms with Gasteiger partial charge in [-0.05, 0) is 36.8 Å². The Labute approximate surface area is 173 Å². The number of rotatable bonds is 2. The van der Waals surface area contributed by atoms with Gasteiger partial charge in [-0.3, -0.25) is 9.36 Å². The van der Waals surface area contributed by atoms with E-state index < -0.39 is 0 Å². The van der Waals surface area contributed by atoms with Crippen LogP contribution in [0.4, 0.5) is 5.95 Å². The van der Waals surface area contributed by atoms with Gasteiger partial charge in [-0.15, -0.1) is 0 Å². The Kier molecular flexibility index (Phi) is 4.53. The number of carbonyl (C=O) groups excluding carboxylic acids is 1. The lowest BCUT2D eigenvalue weighted by Gasteiger charge is -2.35. The predicted molar refractivity (Wildman–Crippen MR) is 113 cm³/mol. The summed E-state index contributed by atoms with van der Waals surface area (Å²) in [6, 6.07) is 15.4. The van der Waals surface area contributed by atoms with Crippen molar-refractivity contribution in [1.29, 1.82) is 0 Å². The molecule has 148 valence electrons. The first-order valence-electron chi connectivity index (χ1n) is 9.71. The molecule has 0 radical (unpaired) electrons. The second-order valence-electron chi connectivity index (χ2n) is 7.32. The zero-order valence-electron chi connectivity index (χ0n) is 16.1. The number of carbonyl (C=O) groups is 1. The van der Waals surface area contributed by atoms with E-state index in [1.807, 2.05) is 60.4 Å². The SMILES string of the molecule is CC1=C(C(=O)N2CCOCC2)[C@@H](c2ccc(Cl)cc2)n2c(nc3ccccc32)N1. The molecular weight excluding hydrogens is 388 g/mol. The molecule has 1 amide bonds. The van der Waals surface area contributed by atoms with E-state index in [4.69, 9.17) is 21.3 Å². The Balaban J connectivity index is 1.69. The Hall–Kier alpha value is -2.83. The number of benzene rings is 2. The van der Waals surface area contributed by atoms with Crippen molar-refractivity contribution in [2.24, 2.45) is 0 Å². The van der Waals surface area contributed by atoms with Crippen molar-refractivity contribution < 1.29 is 9.53 Å². The van der Waals surface area contributed by atoms with E-state index in [0.29, 0.717) is 31.3 Å². The molecule has 2 aromatic carbocycles. The van der Waals surface area contributed by atoms with Crippen LogP contribution >= 0.6 is 11.6 Å². The summed E-state index contributed by atoms with van der Waals surface area (Å²) < 4.78 is 7.55. The van der Waals surface area contributed by atoms with E-state index in [-0.39, 0.29) is 11.9 Å². The maximum atomic E-state index is 13.6. The first-order chi connectivity index (χ1) is 14.1. The monoisotopic (exact) mass is 408 g/mol. The molecule has 0 saturated carbocycles. The van der Waals surface area contributed by atoms with Gasteiger partial charge in [0.15, 0.2) is 0 Å². The van der Waals surface area contributed by atoms with Crippen LogP contribution in [0, 0.1) is 0 Å². The van der Waals surface area contributed by atoms with Gasteiger partial charge in [0.1, 0.15) is 0 Å². The molecule has 2 aliphatic heterocycles. The average Bonchev–Trinajstić information content (AvgIpc) is 3.11. The molecule has 1 aromatic heterocycles. The van der Waals surface area contributed by atoms with Crippen molar-refractivity contribution >= 4 is 34.5 Å². The molecule has 0 aliphatic carbocycles. The van der Waals surface area contributed by atoms with E-state index in [1.165, 1.54) is 0 Å². The number of nitrogens with zero attached hydrogens (tertiary/aromatic N) is 3. The normalized spacial score (nSPS) is 19.2.